The van der Waals surface area contributed by atoms with Crippen LogP contribution in [0.5, 0.6) is 0 Å². The van der Waals surface area contributed by atoms with Gasteiger partial charge in [0.15, 0.2) is 0 Å². The summed E-state index contributed by atoms with van der Waals surface area (Å²) in [6, 6.07) is 0. The molecule has 1 atom stereocenters. The van der Waals surface area contributed by atoms with Gasteiger partial charge in [-0.2, -0.15) is 0 Å². The highest BCUT2D eigenvalue weighted by atomic mass is 16.5. The Bertz CT molecular complexity index is 394. The molecule has 0 bridgehead atoms. The van der Waals surface area contributed by atoms with Gasteiger partial charge < -0.3 is 9.84 Å². The summed E-state index contributed by atoms with van der Waals surface area (Å²) in [6.45, 7) is 4.12. The normalized spacial score (nSPS) is 12.1. The number of carbonyl (C=O) groups excluding carboxylic acids is 1. The van der Waals surface area contributed by atoms with Gasteiger partial charge in [-0.15, -0.1) is 0 Å². The molecule has 0 saturated carbocycles. The number of carbonyl (C=O) groups is 2. The first kappa shape index (κ1) is 28.9. The fraction of sp³-hybridized carbons (Fsp3) is 0.923. The number of hydrogen-bond donors (Lipinski definition) is 1. The maximum Gasteiger partial charge on any atom is 0.307 e. The summed E-state index contributed by atoms with van der Waals surface area (Å²) in [7, 11) is 0. The van der Waals surface area contributed by atoms with Gasteiger partial charge in [0.1, 0.15) is 6.10 Å². The van der Waals surface area contributed by atoms with Crippen molar-refractivity contribution in [2.24, 2.45) is 0 Å². The second-order valence-corrected chi connectivity index (χ2v) is 8.88. The van der Waals surface area contributed by atoms with Crippen molar-refractivity contribution in [3.8, 4) is 0 Å². The smallest absolute Gasteiger partial charge is 0.307 e. The third-order valence-electron chi connectivity index (χ3n) is 5.89. The SMILES string of the molecule is CCCCCCCCCCCCCCCCCCCCC(=O)OC(CC)CC(=O)O. The van der Waals surface area contributed by atoms with E-state index in [1.165, 1.54) is 103 Å². The molecule has 30 heavy (non-hydrogen) atoms. The first-order valence-electron chi connectivity index (χ1n) is 13.0. The minimum atomic E-state index is -0.914. The zero-order chi connectivity index (χ0) is 22.3. The Morgan fingerprint density at radius 2 is 1.00 bits per heavy atom. The van der Waals surface area contributed by atoms with Crippen LogP contribution in [0.25, 0.3) is 0 Å². The molecule has 0 rings (SSSR count). The lowest BCUT2D eigenvalue weighted by atomic mass is 10.0. The van der Waals surface area contributed by atoms with Crippen LogP contribution < -0.4 is 0 Å². The molecule has 0 saturated heterocycles. The lowest BCUT2D eigenvalue weighted by Gasteiger charge is -2.13. The maximum atomic E-state index is 11.8. The number of aliphatic carboxylic acids is 1. The highest BCUT2D eigenvalue weighted by molar-refractivity contribution is 5.71. The Kier molecular flexibility index (Phi) is 21.8. The molecular formula is C26H50O4. The lowest BCUT2D eigenvalue weighted by molar-refractivity contribution is -0.153. The fourth-order valence-corrected chi connectivity index (χ4v) is 3.88. The van der Waals surface area contributed by atoms with E-state index in [0.29, 0.717) is 12.8 Å². The summed E-state index contributed by atoms with van der Waals surface area (Å²) in [5.74, 6) is -1.16. The van der Waals surface area contributed by atoms with Crippen LogP contribution in [-0.4, -0.2) is 23.1 Å². The topological polar surface area (TPSA) is 63.6 Å². The highest BCUT2D eigenvalue weighted by Gasteiger charge is 2.15. The van der Waals surface area contributed by atoms with Crippen molar-refractivity contribution in [1.29, 1.82) is 0 Å². The number of rotatable bonds is 23. The largest absolute Gasteiger partial charge is 0.481 e. The van der Waals surface area contributed by atoms with Gasteiger partial charge in [0.25, 0.3) is 0 Å². The first-order valence-corrected chi connectivity index (χ1v) is 13.0. The zero-order valence-corrected chi connectivity index (χ0v) is 20.1. The zero-order valence-electron chi connectivity index (χ0n) is 20.1. The van der Waals surface area contributed by atoms with Crippen LogP contribution in [0.3, 0.4) is 0 Å². The lowest BCUT2D eigenvalue weighted by Crippen LogP contribution is -2.20. The number of ether oxygens (including phenoxy) is 1. The molecule has 1 N–H and O–H groups in total. The van der Waals surface area contributed by atoms with Gasteiger partial charge >= 0.3 is 11.9 Å². The molecule has 0 fully saturated rings. The van der Waals surface area contributed by atoms with E-state index in [-0.39, 0.29) is 12.4 Å². The van der Waals surface area contributed by atoms with Crippen molar-refractivity contribution in [1.82, 2.24) is 0 Å². The fourth-order valence-electron chi connectivity index (χ4n) is 3.88. The standard InChI is InChI=1S/C26H50O4/c1-3-5-6-7-8-9-10-11-12-13-14-15-16-17-18-19-20-21-22-26(29)30-24(4-2)23-25(27)28/h24H,3-23H2,1-2H3,(H,27,28). The van der Waals surface area contributed by atoms with Gasteiger partial charge in [-0.1, -0.05) is 123 Å². The van der Waals surface area contributed by atoms with Crippen molar-refractivity contribution >= 4 is 11.9 Å². The monoisotopic (exact) mass is 426 g/mol. The molecule has 0 aliphatic rings. The minimum absolute atomic E-state index is 0.0959. The predicted octanol–water partition coefficient (Wildman–Crippen LogP) is 8.21. The summed E-state index contributed by atoms with van der Waals surface area (Å²) in [4.78, 5) is 22.4. The molecule has 0 aromatic rings. The average Bonchev–Trinajstić information content (AvgIpc) is 2.72. The van der Waals surface area contributed by atoms with Crippen molar-refractivity contribution < 1.29 is 19.4 Å². The molecule has 0 aromatic heterocycles. The first-order chi connectivity index (χ1) is 14.6. The van der Waals surface area contributed by atoms with Crippen molar-refractivity contribution in [2.75, 3.05) is 0 Å². The van der Waals surface area contributed by atoms with E-state index < -0.39 is 12.1 Å². The molecular weight excluding hydrogens is 376 g/mol. The minimum Gasteiger partial charge on any atom is -0.481 e. The van der Waals surface area contributed by atoms with Crippen LogP contribution in [0, 0.1) is 0 Å². The van der Waals surface area contributed by atoms with E-state index in [2.05, 4.69) is 6.92 Å². The van der Waals surface area contributed by atoms with Crippen molar-refractivity contribution in [3.63, 3.8) is 0 Å². The van der Waals surface area contributed by atoms with E-state index in [1.54, 1.807) is 0 Å². The Hall–Kier alpha value is -1.06. The van der Waals surface area contributed by atoms with Crippen molar-refractivity contribution in [2.45, 2.75) is 155 Å². The summed E-state index contributed by atoms with van der Waals surface area (Å²) < 4.78 is 5.22. The van der Waals surface area contributed by atoms with Gasteiger partial charge in [0, 0.05) is 6.42 Å². The van der Waals surface area contributed by atoms with Crippen LogP contribution in [0.1, 0.15) is 149 Å². The van der Waals surface area contributed by atoms with Crippen LogP contribution in [0.15, 0.2) is 0 Å². The number of esters is 1. The molecule has 1 unspecified atom stereocenters. The number of carboxylic acids is 1. The second kappa shape index (κ2) is 22.6. The van der Waals surface area contributed by atoms with Crippen molar-refractivity contribution in [3.05, 3.63) is 0 Å². The summed E-state index contributed by atoms with van der Waals surface area (Å²) in [6.07, 6.45) is 24.3. The van der Waals surface area contributed by atoms with Crippen LogP contribution >= 0.6 is 0 Å². The Balaban J connectivity index is 3.26. The molecule has 0 radical (unpaired) electrons. The van der Waals surface area contributed by atoms with E-state index in [1.807, 2.05) is 6.92 Å². The van der Waals surface area contributed by atoms with Crippen LogP contribution in [-0.2, 0) is 14.3 Å². The molecule has 0 aromatic carbocycles. The Morgan fingerprint density at radius 3 is 1.33 bits per heavy atom. The summed E-state index contributed by atoms with van der Waals surface area (Å²) in [5.41, 5.74) is 0. The van der Waals surface area contributed by atoms with Gasteiger partial charge in [-0.05, 0) is 12.8 Å². The third-order valence-corrected chi connectivity index (χ3v) is 5.89. The van der Waals surface area contributed by atoms with E-state index >= 15 is 0 Å². The van der Waals surface area contributed by atoms with E-state index in [9.17, 15) is 9.59 Å². The Labute approximate surface area is 186 Å². The summed E-state index contributed by atoms with van der Waals surface area (Å²) >= 11 is 0. The second-order valence-electron chi connectivity index (χ2n) is 8.88. The molecule has 0 aliphatic heterocycles. The van der Waals surface area contributed by atoms with Crippen LogP contribution in [0.4, 0.5) is 0 Å². The van der Waals surface area contributed by atoms with Crippen LogP contribution in [0.2, 0.25) is 0 Å². The number of carboxylic acid groups (broad SMARTS) is 1. The van der Waals surface area contributed by atoms with Gasteiger partial charge in [0.2, 0.25) is 0 Å². The summed E-state index contributed by atoms with van der Waals surface area (Å²) in [5, 5.41) is 8.78. The van der Waals surface area contributed by atoms with Gasteiger partial charge in [-0.25, -0.2) is 0 Å². The van der Waals surface area contributed by atoms with Gasteiger partial charge in [0.05, 0.1) is 6.42 Å². The van der Waals surface area contributed by atoms with E-state index in [4.69, 9.17) is 9.84 Å². The molecule has 4 nitrogen and oxygen atoms in total. The molecule has 0 aliphatic carbocycles. The molecule has 0 amide bonds. The number of unbranched alkanes of at least 4 members (excludes halogenated alkanes) is 17. The van der Waals surface area contributed by atoms with E-state index in [0.717, 1.165) is 12.8 Å². The predicted molar refractivity (Wildman–Crippen MR) is 126 cm³/mol. The van der Waals surface area contributed by atoms with Gasteiger partial charge in [-0.3, -0.25) is 9.59 Å². The quantitative estimate of drug-likeness (QED) is 0.132. The molecule has 0 heterocycles. The maximum absolute atomic E-state index is 11.8. The molecule has 178 valence electrons. The number of hydrogen-bond acceptors (Lipinski definition) is 3. The highest BCUT2D eigenvalue weighted by Crippen LogP contribution is 2.15. The third kappa shape index (κ3) is 21.6. The molecule has 0 spiro atoms. The molecule has 4 heteroatoms. The Morgan fingerprint density at radius 1 is 0.633 bits per heavy atom. The average molecular weight is 427 g/mol.